The number of thioether (sulfide) groups is 1. The molecule has 3 heteroatoms. The predicted octanol–water partition coefficient (Wildman–Crippen LogP) is 2.87. The van der Waals surface area contributed by atoms with Crippen LogP contribution in [0.2, 0.25) is 0 Å². The van der Waals surface area contributed by atoms with Crippen molar-refractivity contribution in [3.63, 3.8) is 0 Å². The van der Waals surface area contributed by atoms with Crippen molar-refractivity contribution in [1.29, 1.82) is 0 Å². The van der Waals surface area contributed by atoms with Crippen LogP contribution < -0.4 is 0 Å². The number of aliphatic carboxylic acids is 1. The van der Waals surface area contributed by atoms with E-state index in [9.17, 15) is 4.79 Å². The van der Waals surface area contributed by atoms with Gasteiger partial charge in [0.25, 0.3) is 0 Å². The second-order valence-corrected chi connectivity index (χ2v) is 4.40. The van der Waals surface area contributed by atoms with E-state index in [1.54, 1.807) is 11.8 Å². The SMILES string of the molecule is Cc1ccc(SCCC(=O)O)c(C)c1. The van der Waals surface area contributed by atoms with Crippen molar-refractivity contribution in [2.24, 2.45) is 0 Å². The molecule has 0 heterocycles. The number of hydrogen-bond donors (Lipinski definition) is 1. The van der Waals surface area contributed by atoms with Crippen LogP contribution in [-0.4, -0.2) is 16.8 Å². The first-order valence-corrected chi connectivity index (χ1v) is 5.50. The van der Waals surface area contributed by atoms with Crippen molar-refractivity contribution in [2.75, 3.05) is 5.75 Å². The molecule has 1 rings (SSSR count). The normalized spacial score (nSPS) is 10.1. The number of rotatable bonds is 4. The van der Waals surface area contributed by atoms with E-state index in [4.69, 9.17) is 5.11 Å². The highest BCUT2D eigenvalue weighted by Crippen LogP contribution is 2.23. The summed E-state index contributed by atoms with van der Waals surface area (Å²) in [5.41, 5.74) is 2.46. The Morgan fingerprint density at radius 1 is 1.43 bits per heavy atom. The molecular weight excluding hydrogens is 196 g/mol. The first kappa shape index (κ1) is 11.1. The molecule has 0 fully saturated rings. The molecule has 0 atom stereocenters. The smallest absolute Gasteiger partial charge is 0.304 e. The number of carboxylic acids is 1. The van der Waals surface area contributed by atoms with Crippen LogP contribution in [0.4, 0.5) is 0 Å². The topological polar surface area (TPSA) is 37.3 Å². The Bertz CT molecular complexity index is 334. The molecule has 14 heavy (non-hydrogen) atoms. The molecule has 0 aliphatic rings. The molecule has 0 aromatic heterocycles. The van der Waals surface area contributed by atoms with Gasteiger partial charge in [-0.15, -0.1) is 11.8 Å². The second kappa shape index (κ2) is 5.05. The fraction of sp³-hybridized carbons (Fsp3) is 0.364. The van der Waals surface area contributed by atoms with Crippen LogP contribution in [0, 0.1) is 13.8 Å². The molecule has 0 aliphatic heterocycles. The molecule has 0 spiro atoms. The van der Waals surface area contributed by atoms with E-state index < -0.39 is 5.97 Å². The molecule has 0 bridgehead atoms. The van der Waals surface area contributed by atoms with Crippen LogP contribution in [0.15, 0.2) is 23.1 Å². The molecule has 0 radical (unpaired) electrons. The van der Waals surface area contributed by atoms with Gasteiger partial charge in [0.2, 0.25) is 0 Å². The van der Waals surface area contributed by atoms with Crippen LogP contribution in [0.1, 0.15) is 17.5 Å². The lowest BCUT2D eigenvalue weighted by molar-refractivity contribution is -0.136. The third-order valence-corrected chi connectivity index (χ3v) is 3.08. The Balaban J connectivity index is 2.55. The highest BCUT2D eigenvalue weighted by atomic mass is 32.2. The fourth-order valence-electron chi connectivity index (χ4n) is 1.21. The zero-order valence-electron chi connectivity index (χ0n) is 8.41. The fourth-order valence-corrected chi connectivity index (χ4v) is 2.16. The van der Waals surface area contributed by atoms with E-state index in [0.717, 1.165) is 0 Å². The van der Waals surface area contributed by atoms with Gasteiger partial charge in [0.1, 0.15) is 0 Å². The second-order valence-electron chi connectivity index (χ2n) is 3.26. The molecule has 2 nitrogen and oxygen atoms in total. The van der Waals surface area contributed by atoms with E-state index >= 15 is 0 Å². The summed E-state index contributed by atoms with van der Waals surface area (Å²) in [5, 5.41) is 8.49. The maximum atomic E-state index is 10.3. The van der Waals surface area contributed by atoms with Gasteiger partial charge in [-0.25, -0.2) is 0 Å². The first-order valence-electron chi connectivity index (χ1n) is 4.51. The van der Waals surface area contributed by atoms with Gasteiger partial charge in [-0.3, -0.25) is 4.79 Å². The van der Waals surface area contributed by atoms with Crippen LogP contribution in [0.25, 0.3) is 0 Å². The third-order valence-electron chi connectivity index (χ3n) is 1.90. The van der Waals surface area contributed by atoms with Crippen molar-refractivity contribution >= 4 is 17.7 Å². The summed E-state index contributed by atoms with van der Waals surface area (Å²) in [6.07, 6.45) is 0.220. The molecule has 0 unspecified atom stereocenters. The van der Waals surface area contributed by atoms with Crippen molar-refractivity contribution in [1.82, 2.24) is 0 Å². The molecule has 1 N–H and O–H groups in total. The summed E-state index contributed by atoms with van der Waals surface area (Å²) in [6, 6.07) is 6.22. The molecule has 0 aliphatic carbocycles. The summed E-state index contributed by atoms with van der Waals surface area (Å²) < 4.78 is 0. The lowest BCUT2D eigenvalue weighted by atomic mass is 10.2. The van der Waals surface area contributed by atoms with E-state index in [2.05, 4.69) is 32.0 Å². The summed E-state index contributed by atoms with van der Waals surface area (Å²) in [6.45, 7) is 4.11. The Kier molecular flexibility index (Phi) is 4.01. The monoisotopic (exact) mass is 210 g/mol. The Morgan fingerprint density at radius 3 is 2.71 bits per heavy atom. The molecule has 76 valence electrons. The molecular formula is C11H14O2S. The Morgan fingerprint density at radius 2 is 2.14 bits per heavy atom. The van der Waals surface area contributed by atoms with Gasteiger partial charge in [0.05, 0.1) is 6.42 Å². The minimum atomic E-state index is -0.734. The number of benzene rings is 1. The highest BCUT2D eigenvalue weighted by Gasteiger charge is 2.01. The number of hydrogen-bond acceptors (Lipinski definition) is 2. The van der Waals surface area contributed by atoms with Gasteiger partial charge < -0.3 is 5.11 Å². The maximum absolute atomic E-state index is 10.3. The van der Waals surface area contributed by atoms with Gasteiger partial charge >= 0.3 is 5.97 Å². The average Bonchev–Trinajstić information content (AvgIpc) is 2.08. The zero-order valence-corrected chi connectivity index (χ0v) is 9.23. The summed E-state index contributed by atoms with van der Waals surface area (Å²) in [4.78, 5) is 11.5. The van der Waals surface area contributed by atoms with E-state index in [1.807, 2.05) is 0 Å². The maximum Gasteiger partial charge on any atom is 0.304 e. The largest absolute Gasteiger partial charge is 0.481 e. The molecule has 0 amide bonds. The van der Waals surface area contributed by atoms with Crippen LogP contribution in [0.5, 0.6) is 0 Å². The number of carbonyl (C=O) groups is 1. The van der Waals surface area contributed by atoms with E-state index in [-0.39, 0.29) is 6.42 Å². The van der Waals surface area contributed by atoms with E-state index in [0.29, 0.717) is 5.75 Å². The number of carboxylic acid groups (broad SMARTS) is 1. The predicted molar refractivity (Wildman–Crippen MR) is 58.9 cm³/mol. The van der Waals surface area contributed by atoms with Crippen LogP contribution in [0.3, 0.4) is 0 Å². The lowest BCUT2D eigenvalue weighted by Gasteiger charge is -2.04. The Labute approximate surface area is 88.3 Å². The minimum absolute atomic E-state index is 0.220. The molecule has 0 saturated heterocycles. The quantitative estimate of drug-likeness (QED) is 0.776. The van der Waals surface area contributed by atoms with Gasteiger partial charge in [0.15, 0.2) is 0 Å². The van der Waals surface area contributed by atoms with Gasteiger partial charge in [-0.2, -0.15) is 0 Å². The molecule has 0 saturated carbocycles. The number of aryl methyl sites for hydroxylation is 2. The lowest BCUT2D eigenvalue weighted by Crippen LogP contribution is -1.96. The van der Waals surface area contributed by atoms with Gasteiger partial charge in [0, 0.05) is 10.6 Å². The van der Waals surface area contributed by atoms with Gasteiger partial charge in [-0.1, -0.05) is 17.7 Å². The Hall–Kier alpha value is -0.960. The summed E-state index contributed by atoms with van der Waals surface area (Å²) in [5.74, 6) is -0.0959. The first-order chi connectivity index (χ1) is 6.59. The highest BCUT2D eigenvalue weighted by molar-refractivity contribution is 7.99. The molecule has 1 aromatic rings. The average molecular weight is 210 g/mol. The summed E-state index contributed by atoms with van der Waals surface area (Å²) in [7, 11) is 0. The van der Waals surface area contributed by atoms with Crippen molar-refractivity contribution in [3.8, 4) is 0 Å². The zero-order chi connectivity index (χ0) is 10.6. The third kappa shape index (κ3) is 3.42. The summed E-state index contributed by atoms with van der Waals surface area (Å²) >= 11 is 1.60. The van der Waals surface area contributed by atoms with Crippen LogP contribution in [-0.2, 0) is 4.79 Å². The van der Waals surface area contributed by atoms with Crippen molar-refractivity contribution in [2.45, 2.75) is 25.2 Å². The standard InChI is InChI=1S/C11H14O2S/c1-8-3-4-10(9(2)7-8)14-6-5-11(12)13/h3-4,7H,5-6H2,1-2H3,(H,12,13). The van der Waals surface area contributed by atoms with Crippen molar-refractivity contribution < 1.29 is 9.90 Å². The van der Waals surface area contributed by atoms with E-state index in [1.165, 1.54) is 16.0 Å². The van der Waals surface area contributed by atoms with Crippen LogP contribution >= 0.6 is 11.8 Å². The minimum Gasteiger partial charge on any atom is -0.481 e. The van der Waals surface area contributed by atoms with Gasteiger partial charge in [-0.05, 0) is 25.5 Å². The molecule has 1 aromatic carbocycles. The van der Waals surface area contributed by atoms with Crippen molar-refractivity contribution in [3.05, 3.63) is 29.3 Å².